The van der Waals surface area contributed by atoms with Crippen molar-refractivity contribution in [3.05, 3.63) is 35.9 Å². The fourth-order valence-corrected chi connectivity index (χ4v) is 4.28. The number of piperidine rings is 1. The van der Waals surface area contributed by atoms with E-state index in [-0.39, 0.29) is 5.91 Å². The van der Waals surface area contributed by atoms with Gasteiger partial charge in [-0.1, -0.05) is 0 Å². The van der Waals surface area contributed by atoms with Crippen LogP contribution in [0.3, 0.4) is 0 Å². The van der Waals surface area contributed by atoms with Crippen LogP contribution in [0.2, 0.25) is 0 Å². The molecule has 1 aromatic heterocycles. The Morgan fingerprint density at radius 3 is 1.97 bits per heavy atom. The molecule has 32 heavy (non-hydrogen) atoms. The van der Waals surface area contributed by atoms with Gasteiger partial charge in [0.1, 0.15) is 0 Å². The number of anilines is 2. The van der Waals surface area contributed by atoms with Crippen molar-refractivity contribution in [3.8, 4) is 11.5 Å². The number of amides is 1. The van der Waals surface area contributed by atoms with Crippen LogP contribution in [-0.2, 0) is 0 Å². The summed E-state index contributed by atoms with van der Waals surface area (Å²) in [5.74, 6) is 3.13. The summed E-state index contributed by atoms with van der Waals surface area (Å²) in [5, 5.41) is 8.92. The Bertz CT molecular complexity index is 891. The minimum Gasteiger partial charge on any atom is -0.490 e. The Kier molecular flexibility index (Phi) is 7.29. The Balaban J connectivity index is 1.36. The molecule has 0 N–H and O–H groups in total. The number of aromatic nitrogens is 2. The second-order valence-electron chi connectivity index (χ2n) is 8.10. The van der Waals surface area contributed by atoms with Crippen molar-refractivity contribution in [2.75, 3.05) is 62.3 Å². The summed E-state index contributed by atoms with van der Waals surface area (Å²) in [4.78, 5) is 19.5. The highest BCUT2D eigenvalue weighted by Crippen LogP contribution is 2.29. The van der Waals surface area contributed by atoms with E-state index in [9.17, 15) is 4.79 Å². The first-order chi connectivity index (χ1) is 15.7. The van der Waals surface area contributed by atoms with Crippen LogP contribution < -0.4 is 19.3 Å². The number of rotatable bonds is 7. The van der Waals surface area contributed by atoms with E-state index in [0.717, 1.165) is 37.8 Å². The predicted molar refractivity (Wildman–Crippen MR) is 125 cm³/mol. The van der Waals surface area contributed by atoms with Crippen molar-refractivity contribution in [3.63, 3.8) is 0 Å². The molecule has 2 aliphatic rings. The highest BCUT2D eigenvalue weighted by Gasteiger charge is 2.24. The smallest absolute Gasteiger partial charge is 0.254 e. The van der Waals surface area contributed by atoms with Crippen molar-refractivity contribution < 1.29 is 14.3 Å². The van der Waals surface area contributed by atoms with Gasteiger partial charge in [0.05, 0.1) is 13.2 Å². The summed E-state index contributed by atoms with van der Waals surface area (Å²) in [6, 6.07) is 9.54. The van der Waals surface area contributed by atoms with Crippen molar-refractivity contribution in [2.24, 2.45) is 0 Å². The molecule has 0 radical (unpaired) electrons. The molecule has 2 aromatic rings. The van der Waals surface area contributed by atoms with Gasteiger partial charge in [-0.05, 0) is 63.4 Å². The van der Waals surface area contributed by atoms with Gasteiger partial charge in [0, 0.05) is 44.8 Å². The number of piperazine rings is 1. The number of ether oxygens (including phenoxy) is 2. The fourth-order valence-electron chi connectivity index (χ4n) is 4.28. The van der Waals surface area contributed by atoms with Gasteiger partial charge in [0.15, 0.2) is 23.1 Å². The number of hydrogen-bond acceptors (Lipinski definition) is 7. The third kappa shape index (κ3) is 5.06. The molecule has 0 bridgehead atoms. The molecule has 3 heterocycles. The summed E-state index contributed by atoms with van der Waals surface area (Å²) in [6.07, 6.45) is 3.74. The Hall–Kier alpha value is -3.03. The maximum atomic E-state index is 13.1. The molecule has 0 unspecified atom stereocenters. The zero-order chi connectivity index (χ0) is 22.3. The van der Waals surface area contributed by atoms with Gasteiger partial charge in [-0.25, -0.2) is 0 Å². The summed E-state index contributed by atoms with van der Waals surface area (Å²) in [6.45, 7) is 9.81. The van der Waals surface area contributed by atoms with E-state index in [0.29, 0.717) is 43.4 Å². The minimum absolute atomic E-state index is 0.0141. The minimum atomic E-state index is 0.0141. The summed E-state index contributed by atoms with van der Waals surface area (Å²) in [5.41, 5.74) is 0.621. The van der Waals surface area contributed by atoms with Gasteiger partial charge in [-0.3, -0.25) is 4.79 Å². The van der Waals surface area contributed by atoms with Gasteiger partial charge < -0.3 is 24.2 Å². The lowest BCUT2D eigenvalue weighted by atomic mass is 10.1. The van der Waals surface area contributed by atoms with E-state index < -0.39 is 0 Å². The average molecular weight is 440 g/mol. The van der Waals surface area contributed by atoms with Gasteiger partial charge in [-0.2, -0.15) is 0 Å². The lowest BCUT2D eigenvalue weighted by molar-refractivity contribution is 0.0746. The monoisotopic (exact) mass is 439 g/mol. The third-order valence-corrected chi connectivity index (χ3v) is 6.00. The van der Waals surface area contributed by atoms with E-state index >= 15 is 0 Å². The number of hydrogen-bond donors (Lipinski definition) is 0. The Morgan fingerprint density at radius 1 is 0.781 bits per heavy atom. The summed E-state index contributed by atoms with van der Waals surface area (Å²) < 4.78 is 11.3. The first-order valence-electron chi connectivity index (χ1n) is 11.7. The van der Waals surface area contributed by atoms with Gasteiger partial charge in [-0.15, -0.1) is 10.2 Å². The average Bonchev–Trinajstić information content (AvgIpc) is 2.86. The molecule has 8 nitrogen and oxygen atoms in total. The molecular weight excluding hydrogens is 406 g/mol. The molecular formula is C24H33N5O3. The third-order valence-electron chi connectivity index (χ3n) is 6.00. The highest BCUT2D eigenvalue weighted by atomic mass is 16.5. The second-order valence-corrected chi connectivity index (χ2v) is 8.10. The van der Waals surface area contributed by atoms with Crippen molar-refractivity contribution >= 4 is 17.5 Å². The first-order valence-corrected chi connectivity index (χ1v) is 11.7. The second kappa shape index (κ2) is 10.5. The molecule has 2 aliphatic heterocycles. The van der Waals surface area contributed by atoms with Crippen LogP contribution in [-0.4, -0.2) is 73.5 Å². The lowest BCUT2D eigenvalue weighted by Gasteiger charge is -2.35. The van der Waals surface area contributed by atoms with E-state index in [4.69, 9.17) is 9.47 Å². The number of carbonyl (C=O) groups excluding carboxylic acids is 1. The van der Waals surface area contributed by atoms with Crippen molar-refractivity contribution in [2.45, 2.75) is 33.1 Å². The molecule has 0 atom stereocenters. The SMILES string of the molecule is CCOc1ccc(C(=O)N2CCN(c3ccc(N4CCCCC4)nn3)CC2)cc1OCC. The Morgan fingerprint density at radius 2 is 1.38 bits per heavy atom. The molecule has 0 saturated carbocycles. The molecule has 172 valence electrons. The van der Waals surface area contributed by atoms with Crippen LogP contribution >= 0.6 is 0 Å². The maximum Gasteiger partial charge on any atom is 0.254 e. The molecule has 0 aliphatic carbocycles. The van der Waals surface area contributed by atoms with Gasteiger partial charge in [0.2, 0.25) is 0 Å². The van der Waals surface area contributed by atoms with E-state index in [1.165, 1.54) is 19.3 Å². The molecule has 4 rings (SSSR count). The molecule has 1 amide bonds. The summed E-state index contributed by atoms with van der Waals surface area (Å²) >= 11 is 0. The van der Waals surface area contributed by atoms with Crippen LogP contribution in [0.5, 0.6) is 11.5 Å². The quantitative estimate of drug-likeness (QED) is 0.656. The maximum absolute atomic E-state index is 13.1. The zero-order valence-corrected chi connectivity index (χ0v) is 19.1. The van der Waals surface area contributed by atoms with E-state index in [1.807, 2.05) is 30.9 Å². The molecule has 2 saturated heterocycles. The first kappa shape index (κ1) is 22.2. The Labute approximate surface area is 190 Å². The van der Waals surface area contributed by atoms with Crippen LogP contribution in [0.15, 0.2) is 30.3 Å². The largest absolute Gasteiger partial charge is 0.490 e. The molecule has 1 aromatic carbocycles. The van der Waals surface area contributed by atoms with E-state index in [1.54, 1.807) is 6.07 Å². The van der Waals surface area contributed by atoms with Crippen molar-refractivity contribution in [1.29, 1.82) is 0 Å². The van der Waals surface area contributed by atoms with Crippen LogP contribution in [0, 0.1) is 0 Å². The fraction of sp³-hybridized carbons (Fsp3) is 0.542. The van der Waals surface area contributed by atoms with Crippen molar-refractivity contribution in [1.82, 2.24) is 15.1 Å². The number of benzene rings is 1. The molecule has 0 spiro atoms. The molecule has 2 fully saturated rings. The number of nitrogens with zero attached hydrogens (tertiary/aromatic N) is 5. The van der Waals surface area contributed by atoms with Gasteiger partial charge in [0.25, 0.3) is 5.91 Å². The number of carbonyl (C=O) groups is 1. The van der Waals surface area contributed by atoms with Crippen LogP contribution in [0.4, 0.5) is 11.6 Å². The van der Waals surface area contributed by atoms with E-state index in [2.05, 4.69) is 32.1 Å². The summed E-state index contributed by atoms with van der Waals surface area (Å²) in [7, 11) is 0. The highest BCUT2D eigenvalue weighted by molar-refractivity contribution is 5.95. The molecule has 8 heteroatoms. The predicted octanol–water partition coefficient (Wildman–Crippen LogP) is 3.23. The zero-order valence-electron chi connectivity index (χ0n) is 19.1. The van der Waals surface area contributed by atoms with Gasteiger partial charge >= 0.3 is 0 Å². The van der Waals surface area contributed by atoms with Crippen LogP contribution in [0.1, 0.15) is 43.5 Å². The normalized spacial score (nSPS) is 16.8. The van der Waals surface area contributed by atoms with Crippen LogP contribution in [0.25, 0.3) is 0 Å². The topological polar surface area (TPSA) is 71.0 Å². The lowest BCUT2D eigenvalue weighted by Crippen LogP contribution is -2.49. The standard InChI is InChI=1S/C24H33N5O3/c1-3-31-20-9-8-19(18-21(20)32-4-2)24(30)29-16-14-28(15-17-29)23-11-10-22(25-26-23)27-12-6-5-7-13-27/h8-11,18H,3-7,12-17H2,1-2H3.